The van der Waals surface area contributed by atoms with Crippen LogP contribution in [-0.2, 0) is 0 Å². The molecule has 0 aliphatic heterocycles. The quantitative estimate of drug-likeness (QED) is 0.736. The zero-order chi connectivity index (χ0) is 15.2. The first-order valence-electron chi connectivity index (χ1n) is 7.05. The minimum Gasteiger partial charge on any atom is -0.491 e. The van der Waals surface area contributed by atoms with Crippen molar-refractivity contribution in [3.63, 3.8) is 0 Å². The Labute approximate surface area is 133 Å². The van der Waals surface area contributed by atoms with Crippen LogP contribution in [0.2, 0.25) is 0 Å². The second-order valence-corrected chi connectivity index (χ2v) is 5.79. The van der Waals surface area contributed by atoms with Crippen molar-refractivity contribution >= 4 is 21.6 Å². The lowest BCUT2D eigenvalue weighted by molar-refractivity contribution is 0.318. The number of hydrogen-bond donors (Lipinski definition) is 1. The van der Waals surface area contributed by atoms with Gasteiger partial charge in [0, 0.05) is 10.0 Å². The molecule has 0 aliphatic carbocycles. The third kappa shape index (κ3) is 4.21. The second kappa shape index (κ2) is 7.46. The number of ether oxygens (including phenoxy) is 1. The van der Waals surface area contributed by atoms with E-state index in [0.717, 1.165) is 22.3 Å². The van der Waals surface area contributed by atoms with Crippen LogP contribution in [0.1, 0.15) is 31.9 Å². The molecule has 0 bridgehead atoms. The summed E-state index contributed by atoms with van der Waals surface area (Å²) in [4.78, 5) is 0. The van der Waals surface area contributed by atoms with Gasteiger partial charge in [0.25, 0.3) is 0 Å². The molecule has 1 atom stereocenters. The third-order valence-electron chi connectivity index (χ3n) is 3.15. The predicted molar refractivity (Wildman–Crippen MR) is 88.4 cm³/mol. The first kappa shape index (κ1) is 15.8. The Morgan fingerprint density at radius 3 is 2.71 bits per heavy atom. The molecule has 0 radical (unpaired) electrons. The topological polar surface area (TPSA) is 21.3 Å². The summed E-state index contributed by atoms with van der Waals surface area (Å²) in [7, 11) is 0. The van der Waals surface area contributed by atoms with E-state index in [4.69, 9.17) is 4.74 Å². The lowest BCUT2D eigenvalue weighted by Crippen LogP contribution is -2.10. The molecular formula is C17H19BrFNO. The van der Waals surface area contributed by atoms with Crippen molar-refractivity contribution < 1.29 is 9.13 Å². The molecule has 0 saturated carbocycles. The fourth-order valence-corrected chi connectivity index (χ4v) is 2.42. The van der Waals surface area contributed by atoms with Crippen LogP contribution in [0.5, 0.6) is 5.75 Å². The van der Waals surface area contributed by atoms with E-state index in [1.165, 1.54) is 6.07 Å². The normalized spacial score (nSPS) is 12.0. The van der Waals surface area contributed by atoms with Crippen molar-refractivity contribution in [2.24, 2.45) is 0 Å². The van der Waals surface area contributed by atoms with E-state index in [-0.39, 0.29) is 11.9 Å². The summed E-state index contributed by atoms with van der Waals surface area (Å²) in [6.45, 7) is 4.67. The van der Waals surface area contributed by atoms with E-state index in [1.807, 2.05) is 37.3 Å². The van der Waals surface area contributed by atoms with Crippen molar-refractivity contribution in [2.45, 2.75) is 26.3 Å². The number of para-hydroxylation sites is 2. The Morgan fingerprint density at radius 1 is 1.24 bits per heavy atom. The monoisotopic (exact) mass is 351 g/mol. The summed E-state index contributed by atoms with van der Waals surface area (Å²) < 4.78 is 20.5. The van der Waals surface area contributed by atoms with Crippen LogP contribution in [0.4, 0.5) is 10.1 Å². The minimum atomic E-state index is -0.226. The fraction of sp³-hybridized carbons (Fsp3) is 0.294. The molecule has 0 heterocycles. The fourth-order valence-electron chi connectivity index (χ4n) is 2.09. The van der Waals surface area contributed by atoms with E-state index in [0.29, 0.717) is 12.2 Å². The molecule has 0 spiro atoms. The average molecular weight is 352 g/mol. The van der Waals surface area contributed by atoms with Gasteiger partial charge in [-0.3, -0.25) is 0 Å². The molecule has 2 aromatic rings. The zero-order valence-electron chi connectivity index (χ0n) is 12.2. The number of anilines is 1. The number of nitrogens with one attached hydrogen (secondary N) is 1. The maximum absolute atomic E-state index is 14.0. The SMILES string of the molecule is CCCOc1ccccc1NC(C)c1ccc(Br)cc1F. The Balaban J connectivity index is 2.17. The van der Waals surface area contributed by atoms with E-state index in [2.05, 4.69) is 28.2 Å². The van der Waals surface area contributed by atoms with Gasteiger partial charge in [-0.25, -0.2) is 4.39 Å². The number of hydrogen-bond acceptors (Lipinski definition) is 2. The highest BCUT2D eigenvalue weighted by Crippen LogP contribution is 2.29. The van der Waals surface area contributed by atoms with Crippen molar-refractivity contribution in [3.8, 4) is 5.75 Å². The molecule has 2 nitrogen and oxygen atoms in total. The maximum Gasteiger partial charge on any atom is 0.142 e. The molecule has 0 saturated heterocycles. The van der Waals surface area contributed by atoms with Crippen molar-refractivity contribution in [2.75, 3.05) is 11.9 Å². The van der Waals surface area contributed by atoms with Crippen LogP contribution in [0.15, 0.2) is 46.9 Å². The van der Waals surface area contributed by atoms with Gasteiger partial charge in [-0.1, -0.05) is 41.1 Å². The van der Waals surface area contributed by atoms with Gasteiger partial charge in [0.1, 0.15) is 11.6 Å². The van der Waals surface area contributed by atoms with E-state index < -0.39 is 0 Å². The van der Waals surface area contributed by atoms with Crippen LogP contribution in [0, 0.1) is 5.82 Å². The summed E-state index contributed by atoms with van der Waals surface area (Å²) in [6, 6.07) is 12.7. The van der Waals surface area contributed by atoms with Gasteiger partial charge < -0.3 is 10.1 Å². The highest BCUT2D eigenvalue weighted by molar-refractivity contribution is 9.10. The molecule has 21 heavy (non-hydrogen) atoms. The standard InChI is InChI=1S/C17H19BrFNO/c1-3-10-21-17-7-5-4-6-16(17)20-12(2)14-9-8-13(18)11-15(14)19/h4-9,11-12,20H,3,10H2,1-2H3. The summed E-state index contributed by atoms with van der Waals surface area (Å²) in [5, 5.41) is 3.32. The maximum atomic E-state index is 14.0. The van der Waals surface area contributed by atoms with E-state index in [9.17, 15) is 4.39 Å². The van der Waals surface area contributed by atoms with Gasteiger partial charge >= 0.3 is 0 Å². The Morgan fingerprint density at radius 2 is 2.00 bits per heavy atom. The van der Waals surface area contributed by atoms with E-state index in [1.54, 1.807) is 6.07 Å². The van der Waals surface area contributed by atoms with Crippen molar-refractivity contribution in [3.05, 3.63) is 58.3 Å². The van der Waals surface area contributed by atoms with Gasteiger partial charge in [0.2, 0.25) is 0 Å². The summed E-state index contributed by atoms with van der Waals surface area (Å²) in [5.74, 6) is 0.569. The molecule has 2 rings (SSSR count). The largest absolute Gasteiger partial charge is 0.491 e. The Hall–Kier alpha value is -1.55. The Kier molecular flexibility index (Phi) is 5.62. The molecular weight excluding hydrogens is 333 g/mol. The van der Waals surface area contributed by atoms with Crippen LogP contribution >= 0.6 is 15.9 Å². The number of halogens is 2. The van der Waals surface area contributed by atoms with Crippen LogP contribution < -0.4 is 10.1 Å². The average Bonchev–Trinajstić information content (AvgIpc) is 2.46. The van der Waals surface area contributed by atoms with Gasteiger partial charge in [-0.05, 0) is 37.6 Å². The van der Waals surface area contributed by atoms with Crippen molar-refractivity contribution in [1.29, 1.82) is 0 Å². The van der Waals surface area contributed by atoms with E-state index >= 15 is 0 Å². The van der Waals surface area contributed by atoms with Gasteiger partial charge in [0.15, 0.2) is 0 Å². The summed E-state index contributed by atoms with van der Waals surface area (Å²) >= 11 is 3.27. The number of rotatable bonds is 6. The van der Waals surface area contributed by atoms with Crippen LogP contribution in [0.3, 0.4) is 0 Å². The molecule has 112 valence electrons. The molecule has 1 N–H and O–H groups in total. The lowest BCUT2D eigenvalue weighted by Gasteiger charge is -2.19. The minimum absolute atomic E-state index is 0.149. The smallest absolute Gasteiger partial charge is 0.142 e. The van der Waals surface area contributed by atoms with Crippen molar-refractivity contribution in [1.82, 2.24) is 0 Å². The second-order valence-electron chi connectivity index (χ2n) is 4.88. The van der Waals surface area contributed by atoms with Gasteiger partial charge in [-0.15, -0.1) is 0 Å². The van der Waals surface area contributed by atoms with Gasteiger partial charge in [-0.2, -0.15) is 0 Å². The van der Waals surface area contributed by atoms with Crippen LogP contribution in [0.25, 0.3) is 0 Å². The van der Waals surface area contributed by atoms with Gasteiger partial charge in [0.05, 0.1) is 18.3 Å². The lowest BCUT2D eigenvalue weighted by atomic mass is 10.1. The highest BCUT2D eigenvalue weighted by Gasteiger charge is 2.13. The molecule has 0 aliphatic rings. The molecule has 1 unspecified atom stereocenters. The first-order valence-corrected chi connectivity index (χ1v) is 7.84. The molecule has 0 amide bonds. The first-order chi connectivity index (χ1) is 10.1. The third-order valence-corrected chi connectivity index (χ3v) is 3.64. The zero-order valence-corrected chi connectivity index (χ0v) is 13.8. The van der Waals surface area contributed by atoms with Crippen LogP contribution in [-0.4, -0.2) is 6.61 Å². The predicted octanol–water partition coefficient (Wildman–Crippen LogP) is 5.55. The summed E-state index contributed by atoms with van der Waals surface area (Å²) in [6.07, 6.45) is 0.950. The molecule has 4 heteroatoms. The summed E-state index contributed by atoms with van der Waals surface area (Å²) in [5.41, 5.74) is 1.50. The molecule has 0 fully saturated rings. The Bertz CT molecular complexity index is 603. The molecule has 0 aromatic heterocycles. The number of benzene rings is 2. The molecule has 2 aromatic carbocycles. The highest BCUT2D eigenvalue weighted by atomic mass is 79.9.